The Kier molecular flexibility index (Phi) is 5.64. The Balaban J connectivity index is 1.46. The lowest BCUT2D eigenvalue weighted by Crippen LogP contribution is -2.38. The number of sulfonamides is 1. The minimum atomic E-state index is -3.15. The number of amides is 1. The van der Waals surface area contributed by atoms with Gasteiger partial charge in [-0.1, -0.05) is 48.5 Å². The van der Waals surface area contributed by atoms with Crippen LogP contribution in [0.25, 0.3) is 0 Å². The summed E-state index contributed by atoms with van der Waals surface area (Å²) in [7, 11) is -3.15. The second kappa shape index (κ2) is 8.34. The van der Waals surface area contributed by atoms with Gasteiger partial charge in [0.25, 0.3) is 5.91 Å². The zero-order valence-electron chi connectivity index (χ0n) is 16.1. The van der Waals surface area contributed by atoms with Gasteiger partial charge >= 0.3 is 0 Å². The van der Waals surface area contributed by atoms with Crippen LogP contribution >= 0.6 is 0 Å². The number of nitrogens with zero attached hydrogens (tertiary/aromatic N) is 3. The van der Waals surface area contributed by atoms with E-state index in [4.69, 9.17) is 0 Å². The van der Waals surface area contributed by atoms with Gasteiger partial charge in [0.1, 0.15) is 5.71 Å². The van der Waals surface area contributed by atoms with E-state index < -0.39 is 10.0 Å². The summed E-state index contributed by atoms with van der Waals surface area (Å²) in [6.07, 6.45) is 1.14. The summed E-state index contributed by atoms with van der Waals surface area (Å²) in [5.74, 6) is -0.0562. The van der Waals surface area contributed by atoms with Crippen LogP contribution in [0.4, 0.5) is 5.69 Å². The largest absolute Gasteiger partial charge is 0.350 e. The lowest BCUT2D eigenvalue weighted by molar-refractivity contribution is -0.114. The van der Waals surface area contributed by atoms with Gasteiger partial charge in [0, 0.05) is 26.1 Å². The predicted molar refractivity (Wildman–Crippen MR) is 113 cm³/mol. The molecule has 1 saturated heterocycles. The first-order valence-electron chi connectivity index (χ1n) is 9.77. The van der Waals surface area contributed by atoms with E-state index in [1.807, 2.05) is 65.7 Å². The van der Waals surface area contributed by atoms with E-state index in [0.717, 1.165) is 11.3 Å². The highest BCUT2D eigenvalue weighted by molar-refractivity contribution is 7.89. The third-order valence-corrected chi connectivity index (χ3v) is 7.18. The molecule has 7 nitrogen and oxygen atoms in total. The highest BCUT2D eigenvalue weighted by Crippen LogP contribution is 2.34. The van der Waals surface area contributed by atoms with Crippen molar-refractivity contribution in [1.29, 1.82) is 0 Å². The van der Waals surface area contributed by atoms with E-state index in [0.29, 0.717) is 31.6 Å². The molecule has 0 aliphatic carbocycles. The van der Waals surface area contributed by atoms with Crippen molar-refractivity contribution in [3.8, 4) is 0 Å². The van der Waals surface area contributed by atoms with Crippen molar-refractivity contribution < 1.29 is 13.2 Å². The van der Waals surface area contributed by atoms with Gasteiger partial charge in [0.15, 0.2) is 0 Å². The third-order valence-electron chi connectivity index (χ3n) is 5.23. The first-order chi connectivity index (χ1) is 14.0. The number of carbonyl (C=O) groups is 1. The Morgan fingerprint density at radius 1 is 1.07 bits per heavy atom. The molecule has 1 N–H and O–H groups in total. The number of rotatable bonds is 6. The highest BCUT2D eigenvalue weighted by atomic mass is 32.2. The van der Waals surface area contributed by atoms with Crippen molar-refractivity contribution in [2.45, 2.75) is 18.9 Å². The van der Waals surface area contributed by atoms with E-state index in [1.54, 1.807) is 0 Å². The molecule has 2 aliphatic heterocycles. The Labute approximate surface area is 171 Å². The summed E-state index contributed by atoms with van der Waals surface area (Å²) >= 11 is 0. The zero-order chi connectivity index (χ0) is 20.3. The van der Waals surface area contributed by atoms with Gasteiger partial charge in [-0.25, -0.2) is 12.7 Å². The first-order valence-corrected chi connectivity index (χ1v) is 11.4. The van der Waals surface area contributed by atoms with Crippen LogP contribution in [0.15, 0.2) is 65.8 Å². The minimum absolute atomic E-state index is 0.0571. The fourth-order valence-corrected chi connectivity index (χ4v) is 5.27. The second-order valence-corrected chi connectivity index (χ2v) is 9.27. The molecule has 1 fully saturated rings. The van der Waals surface area contributed by atoms with E-state index in [9.17, 15) is 13.2 Å². The molecular weight excluding hydrogens is 388 g/mol. The van der Waals surface area contributed by atoms with Gasteiger partial charge < -0.3 is 5.32 Å². The van der Waals surface area contributed by atoms with Crippen LogP contribution in [0, 0.1) is 0 Å². The van der Waals surface area contributed by atoms with Gasteiger partial charge in [0.05, 0.1) is 17.5 Å². The van der Waals surface area contributed by atoms with Crippen molar-refractivity contribution >= 4 is 27.3 Å². The number of para-hydroxylation sites is 1. The molecule has 2 aromatic carbocycles. The number of carbonyl (C=O) groups excluding carboxylic acids is 1. The van der Waals surface area contributed by atoms with E-state index >= 15 is 0 Å². The lowest BCUT2D eigenvalue weighted by Gasteiger charge is -2.23. The van der Waals surface area contributed by atoms with Crippen molar-refractivity contribution in [3.05, 3.63) is 66.2 Å². The summed E-state index contributed by atoms with van der Waals surface area (Å²) < 4.78 is 25.2. The molecule has 2 heterocycles. The topological polar surface area (TPSA) is 82.1 Å². The molecule has 0 spiro atoms. The molecule has 2 aromatic rings. The molecule has 0 bridgehead atoms. The predicted octanol–water partition coefficient (Wildman–Crippen LogP) is 2.15. The molecule has 1 atom stereocenters. The molecular formula is C21H24N4O3S. The Morgan fingerprint density at radius 2 is 1.76 bits per heavy atom. The molecule has 0 radical (unpaired) electrons. The molecule has 0 saturated carbocycles. The van der Waals surface area contributed by atoms with Crippen molar-refractivity contribution in [2.75, 3.05) is 30.4 Å². The fourth-order valence-electron chi connectivity index (χ4n) is 3.74. The van der Waals surface area contributed by atoms with Crippen LogP contribution in [0.1, 0.15) is 24.4 Å². The van der Waals surface area contributed by atoms with Gasteiger partial charge in [-0.3, -0.25) is 9.80 Å². The maximum atomic E-state index is 12.7. The molecule has 152 valence electrons. The van der Waals surface area contributed by atoms with Gasteiger partial charge in [-0.05, 0) is 24.1 Å². The quantitative estimate of drug-likeness (QED) is 0.788. The fraction of sp³-hybridized carbons (Fsp3) is 0.333. The Morgan fingerprint density at radius 3 is 2.41 bits per heavy atom. The summed E-state index contributed by atoms with van der Waals surface area (Å²) in [5, 5.41) is 9.32. The Hall–Kier alpha value is -2.71. The van der Waals surface area contributed by atoms with Crippen LogP contribution in [-0.2, 0) is 14.8 Å². The molecule has 4 rings (SSSR count). The summed E-state index contributed by atoms with van der Waals surface area (Å²) in [6.45, 7) is 1.10. The molecule has 8 heteroatoms. The number of hydrogen-bond donors (Lipinski definition) is 1. The smallest absolute Gasteiger partial charge is 0.267 e. The normalized spacial score (nSPS) is 21.2. The molecule has 0 aromatic heterocycles. The summed E-state index contributed by atoms with van der Waals surface area (Å²) in [6, 6.07) is 19.7. The van der Waals surface area contributed by atoms with E-state index in [1.165, 1.54) is 4.31 Å². The summed E-state index contributed by atoms with van der Waals surface area (Å²) in [4.78, 5) is 12.7. The number of hydrazone groups is 1. The van der Waals surface area contributed by atoms with E-state index in [-0.39, 0.29) is 24.2 Å². The van der Waals surface area contributed by atoms with Crippen molar-refractivity contribution in [3.63, 3.8) is 0 Å². The molecule has 29 heavy (non-hydrogen) atoms. The number of hydrogen-bond acceptors (Lipinski definition) is 5. The average Bonchev–Trinajstić information content (AvgIpc) is 3.33. The van der Waals surface area contributed by atoms with Crippen LogP contribution in [0.5, 0.6) is 0 Å². The number of benzene rings is 2. The van der Waals surface area contributed by atoms with E-state index in [2.05, 4.69) is 10.4 Å². The van der Waals surface area contributed by atoms with Crippen LogP contribution in [-0.4, -0.2) is 49.7 Å². The summed E-state index contributed by atoms with van der Waals surface area (Å²) in [5.41, 5.74) is 2.46. The van der Waals surface area contributed by atoms with Gasteiger partial charge in [-0.2, -0.15) is 5.10 Å². The van der Waals surface area contributed by atoms with Crippen molar-refractivity contribution in [1.82, 2.24) is 9.62 Å². The third kappa shape index (κ3) is 4.33. The molecule has 2 aliphatic rings. The Bertz CT molecular complexity index is 993. The molecule has 1 unspecified atom stereocenters. The average molecular weight is 413 g/mol. The first kappa shape index (κ1) is 19.6. The zero-order valence-corrected chi connectivity index (χ0v) is 16.9. The van der Waals surface area contributed by atoms with Crippen LogP contribution < -0.4 is 10.3 Å². The SMILES string of the molecule is O=C(NCCN1CCCS1(=O)=O)C1=NN(c2ccccc2)C(c2ccccc2)C1. The van der Waals surface area contributed by atoms with Gasteiger partial charge in [-0.15, -0.1) is 0 Å². The maximum absolute atomic E-state index is 12.7. The highest BCUT2D eigenvalue weighted by Gasteiger charge is 2.32. The van der Waals surface area contributed by atoms with Crippen molar-refractivity contribution in [2.24, 2.45) is 5.10 Å². The lowest BCUT2D eigenvalue weighted by atomic mass is 10.0. The number of anilines is 1. The maximum Gasteiger partial charge on any atom is 0.267 e. The monoisotopic (exact) mass is 412 g/mol. The number of nitrogens with one attached hydrogen (secondary N) is 1. The minimum Gasteiger partial charge on any atom is -0.350 e. The molecule has 1 amide bonds. The standard InChI is InChI=1S/C21H24N4O3S/c26-21(22-12-14-24-13-7-15-29(24,27)28)19-16-20(17-8-3-1-4-9-17)25(23-19)18-10-5-2-6-11-18/h1-6,8-11,20H,7,12-16H2,(H,22,26). The van der Waals surface area contributed by atoms with Crippen LogP contribution in [0.3, 0.4) is 0 Å². The van der Waals surface area contributed by atoms with Gasteiger partial charge in [0.2, 0.25) is 10.0 Å². The second-order valence-electron chi connectivity index (χ2n) is 7.18. The van der Waals surface area contributed by atoms with Crippen LogP contribution in [0.2, 0.25) is 0 Å².